The fraction of sp³-hybridized carbons (Fsp3) is 0.0769. The van der Waals surface area contributed by atoms with E-state index >= 15 is 0 Å². The van der Waals surface area contributed by atoms with E-state index in [-0.39, 0.29) is 0 Å². The van der Waals surface area contributed by atoms with Crippen LogP contribution in [-0.4, -0.2) is 0 Å². The van der Waals surface area contributed by atoms with E-state index in [1.54, 1.807) is 0 Å². The molecule has 0 aliphatic heterocycles. The summed E-state index contributed by atoms with van der Waals surface area (Å²) in [5, 5.41) is 0. The van der Waals surface area contributed by atoms with Crippen molar-refractivity contribution in [2.75, 3.05) is 0 Å². The minimum Gasteiger partial charge on any atom is -0.0985 e. The van der Waals surface area contributed by atoms with Gasteiger partial charge in [0.25, 0.3) is 0 Å². The van der Waals surface area contributed by atoms with Crippen LogP contribution in [0.1, 0.15) is 29.5 Å². The van der Waals surface area contributed by atoms with Crippen LogP contribution >= 0.6 is 0 Å². The minimum atomic E-state index is 1.17. The Balaban J connectivity index is 0.000000206. The van der Waals surface area contributed by atoms with Crippen molar-refractivity contribution in [2.45, 2.75) is 12.8 Å². The number of benzene rings is 3. The Morgan fingerprint density at radius 3 is 1.58 bits per heavy atom. The molecule has 3 aromatic carbocycles. The molecule has 0 atom stereocenters. The molecule has 0 saturated carbocycles. The van der Waals surface area contributed by atoms with Crippen molar-refractivity contribution in [1.29, 1.82) is 0 Å². The van der Waals surface area contributed by atoms with E-state index in [1.165, 1.54) is 40.7 Å². The van der Waals surface area contributed by atoms with Gasteiger partial charge in [0.05, 0.1) is 0 Å². The van der Waals surface area contributed by atoms with Gasteiger partial charge in [0, 0.05) is 0 Å². The average Bonchev–Trinajstić information content (AvgIpc) is 2.70. The molecule has 0 nitrogen and oxygen atoms in total. The zero-order chi connectivity index (χ0) is 18.0. The molecule has 0 N–H and O–H groups in total. The Hall–Kier alpha value is -3.12. The van der Waals surface area contributed by atoms with Crippen molar-refractivity contribution in [2.24, 2.45) is 0 Å². The van der Waals surface area contributed by atoms with Gasteiger partial charge in [0.15, 0.2) is 0 Å². The molecule has 0 unspecified atom stereocenters. The molecule has 0 radical (unpaired) electrons. The molecule has 0 fully saturated rings. The summed E-state index contributed by atoms with van der Waals surface area (Å²) in [5.74, 6) is 0. The highest BCUT2D eigenvalue weighted by Crippen LogP contribution is 2.36. The lowest BCUT2D eigenvalue weighted by Gasteiger charge is -2.21. The van der Waals surface area contributed by atoms with Crippen molar-refractivity contribution in [3.05, 3.63) is 126 Å². The van der Waals surface area contributed by atoms with Crippen LogP contribution in [0, 0.1) is 0 Å². The summed E-state index contributed by atoms with van der Waals surface area (Å²) >= 11 is 0. The van der Waals surface area contributed by atoms with E-state index in [2.05, 4.69) is 79.4 Å². The molecule has 0 bridgehead atoms. The Bertz CT molecular complexity index is 869. The van der Waals surface area contributed by atoms with Gasteiger partial charge in [-0.3, -0.25) is 0 Å². The highest BCUT2D eigenvalue weighted by atomic mass is 14.2. The third kappa shape index (κ3) is 4.94. The first-order chi connectivity index (χ1) is 12.9. The third-order valence-corrected chi connectivity index (χ3v) is 4.47. The average molecular weight is 336 g/mol. The summed E-state index contributed by atoms with van der Waals surface area (Å²) in [6.07, 6.45) is 8.71. The monoisotopic (exact) mass is 336 g/mol. The fourth-order valence-corrected chi connectivity index (χ4v) is 2.90. The van der Waals surface area contributed by atoms with Gasteiger partial charge in [-0.1, -0.05) is 116 Å². The molecule has 0 amide bonds. The van der Waals surface area contributed by atoms with Crippen LogP contribution in [0.15, 0.2) is 109 Å². The van der Waals surface area contributed by atoms with Gasteiger partial charge in [-0.25, -0.2) is 0 Å². The SMILES string of the molecule is C(=Cc1ccccc1)C1=C(c2ccccc2)CC1.C=Cc1ccccc1. The maximum Gasteiger partial charge on any atom is -0.0222 e. The van der Waals surface area contributed by atoms with Gasteiger partial charge in [0.2, 0.25) is 0 Å². The van der Waals surface area contributed by atoms with E-state index < -0.39 is 0 Å². The summed E-state index contributed by atoms with van der Waals surface area (Å²) in [6, 6.07) is 31.2. The lowest BCUT2D eigenvalue weighted by molar-refractivity contribution is 0.935. The Morgan fingerprint density at radius 1 is 0.577 bits per heavy atom. The maximum atomic E-state index is 3.63. The highest BCUT2D eigenvalue weighted by molar-refractivity contribution is 5.77. The maximum absolute atomic E-state index is 3.63. The van der Waals surface area contributed by atoms with E-state index in [9.17, 15) is 0 Å². The Labute approximate surface area is 156 Å². The summed E-state index contributed by atoms with van der Waals surface area (Å²) < 4.78 is 0. The number of allylic oxidation sites excluding steroid dienone is 3. The highest BCUT2D eigenvalue weighted by Gasteiger charge is 2.15. The topological polar surface area (TPSA) is 0 Å². The van der Waals surface area contributed by atoms with Crippen LogP contribution in [0.3, 0.4) is 0 Å². The van der Waals surface area contributed by atoms with Crippen molar-refractivity contribution in [1.82, 2.24) is 0 Å². The number of rotatable bonds is 4. The lowest BCUT2D eigenvalue weighted by atomic mass is 9.83. The van der Waals surface area contributed by atoms with Crippen molar-refractivity contribution in [3.8, 4) is 0 Å². The second-order valence-corrected chi connectivity index (χ2v) is 6.23. The summed E-state index contributed by atoms with van der Waals surface area (Å²) in [7, 11) is 0. The first kappa shape index (κ1) is 17.7. The van der Waals surface area contributed by atoms with Gasteiger partial charge in [-0.2, -0.15) is 0 Å². The van der Waals surface area contributed by atoms with Gasteiger partial charge in [0.1, 0.15) is 0 Å². The van der Waals surface area contributed by atoms with Gasteiger partial charge in [-0.15, -0.1) is 0 Å². The second-order valence-electron chi connectivity index (χ2n) is 6.23. The van der Waals surface area contributed by atoms with Gasteiger partial charge in [-0.05, 0) is 40.7 Å². The second kappa shape index (κ2) is 9.39. The zero-order valence-corrected chi connectivity index (χ0v) is 15.0. The predicted octanol–water partition coefficient (Wildman–Crippen LogP) is 7.28. The Kier molecular flexibility index (Phi) is 6.39. The molecule has 4 rings (SSSR count). The summed E-state index contributed by atoms with van der Waals surface area (Å²) in [5.41, 5.74) is 6.79. The molecular formula is C26H24. The molecule has 0 heteroatoms. The van der Waals surface area contributed by atoms with Crippen molar-refractivity contribution < 1.29 is 0 Å². The molecule has 1 aliphatic rings. The molecule has 0 saturated heterocycles. The van der Waals surface area contributed by atoms with Crippen LogP contribution in [0.25, 0.3) is 17.7 Å². The molecule has 0 aromatic heterocycles. The van der Waals surface area contributed by atoms with Gasteiger partial charge < -0.3 is 0 Å². The van der Waals surface area contributed by atoms with E-state index in [4.69, 9.17) is 0 Å². The zero-order valence-electron chi connectivity index (χ0n) is 15.0. The first-order valence-electron chi connectivity index (χ1n) is 9.05. The quantitative estimate of drug-likeness (QED) is 0.469. The van der Waals surface area contributed by atoms with E-state index in [0.717, 1.165) is 0 Å². The molecule has 0 spiro atoms. The van der Waals surface area contributed by atoms with Crippen LogP contribution in [0.4, 0.5) is 0 Å². The Morgan fingerprint density at radius 2 is 1.12 bits per heavy atom. The lowest BCUT2D eigenvalue weighted by Crippen LogP contribution is -2.00. The van der Waals surface area contributed by atoms with Crippen molar-refractivity contribution in [3.63, 3.8) is 0 Å². The molecule has 3 aromatic rings. The third-order valence-electron chi connectivity index (χ3n) is 4.47. The predicted molar refractivity (Wildman–Crippen MR) is 115 cm³/mol. The van der Waals surface area contributed by atoms with Gasteiger partial charge >= 0.3 is 0 Å². The van der Waals surface area contributed by atoms with E-state index in [0.29, 0.717) is 0 Å². The standard InChI is InChI=1S/C18H16.C8H8/c1-3-7-15(8-4-1)11-12-17-13-14-18(17)16-9-5-2-6-10-16;1-2-8-6-4-3-5-7-8/h1-12H,13-14H2;2-7H,1H2. The number of hydrogen-bond acceptors (Lipinski definition) is 0. The molecule has 0 heterocycles. The number of hydrogen-bond donors (Lipinski definition) is 0. The normalized spacial score (nSPS) is 12.9. The molecular weight excluding hydrogens is 312 g/mol. The van der Waals surface area contributed by atoms with Crippen molar-refractivity contribution >= 4 is 17.7 Å². The molecule has 1 aliphatic carbocycles. The van der Waals surface area contributed by atoms with E-state index in [1.807, 2.05) is 36.4 Å². The smallest absolute Gasteiger partial charge is 0.0222 e. The molecule has 26 heavy (non-hydrogen) atoms. The van der Waals surface area contributed by atoms with Crippen LogP contribution in [0.2, 0.25) is 0 Å². The van der Waals surface area contributed by atoms with Crippen LogP contribution in [-0.2, 0) is 0 Å². The van der Waals surface area contributed by atoms with Crippen LogP contribution < -0.4 is 0 Å². The largest absolute Gasteiger partial charge is 0.0985 e. The first-order valence-corrected chi connectivity index (χ1v) is 9.05. The fourth-order valence-electron chi connectivity index (χ4n) is 2.90. The van der Waals surface area contributed by atoms with Crippen LogP contribution in [0.5, 0.6) is 0 Å². The molecule has 128 valence electrons. The summed E-state index contributed by atoms with van der Waals surface area (Å²) in [4.78, 5) is 0. The summed E-state index contributed by atoms with van der Waals surface area (Å²) in [6.45, 7) is 3.63. The minimum absolute atomic E-state index is 1.17.